The summed E-state index contributed by atoms with van der Waals surface area (Å²) in [6.45, 7) is 5.92. The number of rotatable bonds is 5. The van der Waals surface area contributed by atoms with Crippen molar-refractivity contribution in [2.45, 2.75) is 13.0 Å². The summed E-state index contributed by atoms with van der Waals surface area (Å²) >= 11 is 3.09. The molecule has 0 N–H and O–H groups in total. The van der Waals surface area contributed by atoms with Crippen LogP contribution in [0.4, 0.5) is 0 Å². The zero-order valence-corrected chi connectivity index (χ0v) is 14.0. The lowest BCUT2D eigenvalue weighted by Crippen LogP contribution is -2.41. The highest BCUT2D eigenvalue weighted by atomic mass is 32.1. The van der Waals surface area contributed by atoms with Crippen molar-refractivity contribution in [3.05, 3.63) is 28.6 Å². The number of thiophene rings is 1. The van der Waals surface area contributed by atoms with Crippen molar-refractivity contribution in [1.29, 1.82) is 0 Å². The van der Waals surface area contributed by atoms with Gasteiger partial charge in [-0.05, 0) is 18.4 Å². The van der Waals surface area contributed by atoms with Gasteiger partial charge >= 0.3 is 5.97 Å². The molecular formula is C15H18N2O3S2. The van der Waals surface area contributed by atoms with Crippen LogP contribution in [0.5, 0.6) is 0 Å². The average Bonchev–Trinajstić information content (AvgIpc) is 3.19. The van der Waals surface area contributed by atoms with Crippen LogP contribution in [0, 0.1) is 0 Å². The molecule has 0 saturated carbocycles. The first-order chi connectivity index (χ1) is 10.7. The zero-order chi connectivity index (χ0) is 15.4. The molecule has 1 fully saturated rings. The molecule has 2 aromatic heterocycles. The Morgan fingerprint density at radius 3 is 3.00 bits per heavy atom. The summed E-state index contributed by atoms with van der Waals surface area (Å²) in [5.74, 6) is -0.347. The van der Waals surface area contributed by atoms with Crippen LogP contribution in [-0.4, -0.2) is 54.8 Å². The number of nitrogens with zero attached hydrogens (tertiary/aromatic N) is 2. The van der Waals surface area contributed by atoms with E-state index in [-0.39, 0.29) is 12.1 Å². The molecule has 5 nitrogen and oxygen atoms in total. The maximum absolute atomic E-state index is 12.2. The molecule has 0 amide bonds. The smallest absolute Gasteiger partial charge is 0.358 e. The first-order valence-electron chi connectivity index (χ1n) is 7.23. The Kier molecular flexibility index (Phi) is 5.20. The first-order valence-corrected chi connectivity index (χ1v) is 8.99. The van der Waals surface area contributed by atoms with Crippen LogP contribution in [0.15, 0.2) is 22.9 Å². The maximum atomic E-state index is 12.2. The van der Waals surface area contributed by atoms with Gasteiger partial charge in [0.2, 0.25) is 0 Å². The fraction of sp³-hybridized carbons (Fsp3) is 0.467. The summed E-state index contributed by atoms with van der Waals surface area (Å²) in [5.41, 5.74) is 0.391. The molecule has 7 heteroatoms. The first kappa shape index (κ1) is 15.6. The van der Waals surface area contributed by atoms with E-state index >= 15 is 0 Å². The van der Waals surface area contributed by atoms with E-state index in [1.807, 2.05) is 24.4 Å². The van der Waals surface area contributed by atoms with Gasteiger partial charge in [0.25, 0.3) is 0 Å². The van der Waals surface area contributed by atoms with E-state index in [0.29, 0.717) is 5.69 Å². The maximum Gasteiger partial charge on any atom is 0.358 e. The second-order valence-electron chi connectivity index (χ2n) is 5.14. The predicted octanol–water partition coefficient (Wildman–Crippen LogP) is 2.75. The van der Waals surface area contributed by atoms with Gasteiger partial charge in [0, 0.05) is 25.0 Å². The van der Waals surface area contributed by atoms with Crippen LogP contribution in [0.1, 0.15) is 17.4 Å². The number of hydrogen-bond acceptors (Lipinski definition) is 7. The van der Waals surface area contributed by atoms with Crippen molar-refractivity contribution in [3.8, 4) is 9.88 Å². The van der Waals surface area contributed by atoms with E-state index in [2.05, 4.69) is 9.88 Å². The summed E-state index contributed by atoms with van der Waals surface area (Å²) < 4.78 is 10.8. The molecule has 1 aliphatic heterocycles. The Bertz CT molecular complexity index is 606. The normalized spacial score (nSPS) is 17.3. The van der Waals surface area contributed by atoms with Crippen molar-refractivity contribution < 1.29 is 14.3 Å². The molecule has 0 spiro atoms. The molecule has 0 aromatic carbocycles. The van der Waals surface area contributed by atoms with Crippen molar-refractivity contribution in [2.75, 3.05) is 32.8 Å². The Morgan fingerprint density at radius 2 is 2.27 bits per heavy atom. The number of hydrogen-bond donors (Lipinski definition) is 0. The zero-order valence-electron chi connectivity index (χ0n) is 12.4. The van der Waals surface area contributed by atoms with Crippen LogP contribution >= 0.6 is 22.7 Å². The number of thiazole rings is 1. The van der Waals surface area contributed by atoms with Crippen LogP contribution in [-0.2, 0) is 9.47 Å². The van der Waals surface area contributed by atoms with Crippen molar-refractivity contribution >= 4 is 28.6 Å². The summed E-state index contributed by atoms with van der Waals surface area (Å²) in [7, 11) is 0. The molecule has 0 aliphatic carbocycles. The molecule has 118 valence electrons. The quantitative estimate of drug-likeness (QED) is 0.785. The van der Waals surface area contributed by atoms with E-state index in [1.165, 1.54) is 11.3 Å². The van der Waals surface area contributed by atoms with Crippen molar-refractivity contribution in [3.63, 3.8) is 0 Å². The Morgan fingerprint density at radius 1 is 1.45 bits per heavy atom. The highest BCUT2D eigenvalue weighted by Gasteiger charge is 2.19. The lowest BCUT2D eigenvalue weighted by atomic mass is 10.3. The van der Waals surface area contributed by atoms with Gasteiger partial charge in [0.1, 0.15) is 11.1 Å². The standard InChI is InChI=1S/C15H18N2O3S2/c1-11(9-17-4-6-19-7-5-17)20-15(18)12-10-22-14(16-12)13-3-2-8-21-13/h2-3,8,10-11H,4-7,9H2,1H3/t11-/m1/s1. The number of carbonyl (C=O) groups is 1. The lowest BCUT2D eigenvalue weighted by molar-refractivity contribution is 0.000165. The van der Waals surface area contributed by atoms with Crippen LogP contribution < -0.4 is 0 Å². The summed E-state index contributed by atoms with van der Waals surface area (Å²) in [6, 6.07) is 3.98. The van der Waals surface area contributed by atoms with E-state index in [1.54, 1.807) is 16.7 Å². The van der Waals surface area contributed by atoms with Crippen LogP contribution in [0.3, 0.4) is 0 Å². The van der Waals surface area contributed by atoms with Crippen LogP contribution in [0.25, 0.3) is 9.88 Å². The SMILES string of the molecule is C[C@H](CN1CCOCC1)OC(=O)c1csc(-c2cccs2)n1. The number of esters is 1. The number of ether oxygens (including phenoxy) is 2. The minimum absolute atomic E-state index is 0.155. The molecule has 1 saturated heterocycles. The monoisotopic (exact) mass is 338 g/mol. The Labute approximate surface area is 137 Å². The second-order valence-corrected chi connectivity index (χ2v) is 6.95. The molecule has 2 aromatic rings. The number of aromatic nitrogens is 1. The molecule has 0 unspecified atom stereocenters. The minimum atomic E-state index is -0.347. The van der Waals surface area contributed by atoms with Gasteiger partial charge in [-0.2, -0.15) is 0 Å². The van der Waals surface area contributed by atoms with Gasteiger partial charge < -0.3 is 9.47 Å². The van der Waals surface area contributed by atoms with Gasteiger partial charge in [-0.15, -0.1) is 22.7 Å². The van der Waals surface area contributed by atoms with Gasteiger partial charge in [0.05, 0.1) is 18.1 Å². The highest BCUT2D eigenvalue weighted by Crippen LogP contribution is 2.28. The lowest BCUT2D eigenvalue weighted by Gasteiger charge is -2.28. The van der Waals surface area contributed by atoms with Crippen molar-refractivity contribution in [2.24, 2.45) is 0 Å². The van der Waals surface area contributed by atoms with E-state index in [0.717, 1.165) is 42.7 Å². The molecule has 3 heterocycles. The molecule has 1 aliphatic rings. The van der Waals surface area contributed by atoms with E-state index in [4.69, 9.17) is 9.47 Å². The summed E-state index contributed by atoms with van der Waals surface area (Å²) in [4.78, 5) is 19.9. The van der Waals surface area contributed by atoms with Gasteiger partial charge in [0.15, 0.2) is 5.69 Å². The molecule has 1 atom stereocenters. The second kappa shape index (κ2) is 7.32. The molecular weight excluding hydrogens is 320 g/mol. The largest absolute Gasteiger partial charge is 0.457 e. The molecule has 22 heavy (non-hydrogen) atoms. The van der Waals surface area contributed by atoms with Gasteiger partial charge in [-0.1, -0.05) is 6.07 Å². The summed E-state index contributed by atoms with van der Waals surface area (Å²) in [5, 5.41) is 4.63. The highest BCUT2D eigenvalue weighted by molar-refractivity contribution is 7.20. The molecule has 3 rings (SSSR count). The van der Waals surface area contributed by atoms with Gasteiger partial charge in [-0.25, -0.2) is 9.78 Å². The topological polar surface area (TPSA) is 51.7 Å². The number of carbonyl (C=O) groups excluding carboxylic acids is 1. The Balaban J connectivity index is 1.55. The third-order valence-corrected chi connectivity index (χ3v) is 5.25. The average molecular weight is 338 g/mol. The third kappa shape index (κ3) is 3.92. The van der Waals surface area contributed by atoms with Crippen LogP contribution in [0.2, 0.25) is 0 Å². The van der Waals surface area contributed by atoms with Gasteiger partial charge in [-0.3, -0.25) is 4.90 Å². The third-order valence-electron chi connectivity index (χ3n) is 3.37. The number of morpholine rings is 1. The fourth-order valence-corrected chi connectivity index (χ4v) is 3.91. The summed E-state index contributed by atoms with van der Waals surface area (Å²) in [6.07, 6.45) is -0.155. The van der Waals surface area contributed by atoms with E-state index < -0.39 is 0 Å². The fourth-order valence-electron chi connectivity index (χ4n) is 2.31. The molecule has 0 radical (unpaired) electrons. The van der Waals surface area contributed by atoms with E-state index in [9.17, 15) is 4.79 Å². The Hall–Kier alpha value is -1.28. The minimum Gasteiger partial charge on any atom is -0.457 e. The van der Waals surface area contributed by atoms with Crippen molar-refractivity contribution in [1.82, 2.24) is 9.88 Å². The predicted molar refractivity (Wildman–Crippen MR) is 87.6 cm³/mol. The molecule has 0 bridgehead atoms.